The van der Waals surface area contributed by atoms with E-state index in [1.807, 2.05) is 37.3 Å². The van der Waals surface area contributed by atoms with Crippen LogP contribution in [0.15, 0.2) is 54.6 Å². The van der Waals surface area contributed by atoms with Crippen LogP contribution in [-0.4, -0.2) is 40.6 Å². The number of rotatable bonds is 4. The molecule has 0 saturated carbocycles. The molecule has 6 nitrogen and oxygen atoms in total. The number of nitrogens with zero attached hydrogens (tertiary/aromatic N) is 3. The van der Waals surface area contributed by atoms with E-state index in [2.05, 4.69) is 10.4 Å². The lowest BCUT2D eigenvalue weighted by Gasteiger charge is -2.10. The molecule has 0 fully saturated rings. The number of thiophene rings is 1. The van der Waals surface area contributed by atoms with Gasteiger partial charge in [0.2, 0.25) is 0 Å². The Morgan fingerprint density at radius 3 is 2.47 bits per heavy atom. The topological polar surface area (TPSA) is 67.2 Å². The van der Waals surface area contributed by atoms with E-state index in [1.165, 1.54) is 16.2 Å². The van der Waals surface area contributed by atoms with Crippen LogP contribution in [0.2, 0.25) is 5.02 Å². The number of carbonyl (C=O) groups excluding carboxylic acids is 2. The summed E-state index contributed by atoms with van der Waals surface area (Å²) in [6, 6.07) is 16.1. The van der Waals surface area contributed by atoms with Crippen molar-refractivity contribution < 1.29 is 9.59 Å². The molecule has 0 bridgehead atoms. The monoisotopic (exact) mass is 438 g/mol. The molecule has 8 heteroatoms. The minimum atomic E-state index is -0.215. The second-order valence-corrected chi connectivity index (χ2v) is 8.45. The predicted octanol–water partition coefficient (Wildman–Crippen LogP) is 5.00. The Kier molecular flexibility index (Phi) is 5.32. The third kappa shape index (κ3) is 3.69. The molecule has 0 spiro atoms. The van der Waals surface area contributed by atoms with Crippen LogP contribution in [0.3, 0.4) is 0 Å². The molecule has 0 saturated heterocycles. The number of aryl methyl sites for hydroxylation is 1. The molecule has 1 N–H and O–H groups in total. The van der Waals surface area contributed by atoms with Crippen LogP contribution < -0.4 is 5.32 Å². The summed E-state index contributed by atoms with van der Waals surface area (Å²) in [4.78, 5) is 27.7. The molecule has 0 radical (unpaired) electrons. The van der Waals surface area contributed by atoms with E-state index in [0.29, 0.717) is 21.2 Å². The highest BCUT2D eigenvalue weighted by atomic mass is 35.5. The number of para-hydroxylation sites is 1. The lowest BCUT2D eigenvalue weighted by atomic mass is 10.2. The first-order valence-electron chi connectivity index (χ1n) is 9.22. The van der Waals surface area contributed by atoms with Gasteiger partial charge in [-0.3, -0.25) is 9.59 Å². The van der Waals surface area contributed by atoms with Gasteiger partial charge in [-0.1, -0.05) is 23.7 Å². The van der Waals surface area contributed by atoms with Crippen LogP contribution in [0.25, 0.3) is 15.9 Å². The highest BCUT2D eigenvalue weighted by Gasteiger charge is 2.18. The number of hydrogen-bond donors (Lipinski definition) is 1. The number of hydrogen-bond acceptors (Lipinski definition) is 4. The summed E-state index contributed by atoms with van der Waals surface area (Å²) in [5.41, 5.74) is 2.78. The van der Waals surface area contributed by atoms with Crippen molar-refractivity contribution >= 4 is 50.7 Å². The van der Waals surface area contributed by atoms with Crippen molar-refractivity contribution in [1.82, 2.24) is 14.7 Å². The van der Waals surface area contributed by atoms with Crippen LogP contribution in [0.5, 0.6) is 0 Å². The zero-order valence-corrected chi connectivity index (χ0v) is 18.2. The van der Waals surface area contributed by atoms with E-state index < -0.39 is 0 Å². The first-order valence-corrected chi connectivity index (χ1v) is 10.4. The summed E-state index contributed by atoms with van der Waals surface area (Å²) in [5.74, 6) is -0.301. The van der Waals surface area contributed by atoms with E-state index in [9.17, 15) is 9.59 Å². The smallest absolute Gasteiger partial charge is 0.265 e. The molecule has 0 aliphatic heterocycles. The zero-order valence-electron chi connectivity index (χ0n) is 16.6. The fraction of sp³-hybridized carbons (Fsp3) is 0.136. The third-order valence-electron chi connectivity index (χ3n) is 4.64. The molecule has 0 atom stereocenters. The average molecular weight is 439 g/mol. The van der Waals surface area contributed by atoms with Gasteiger partial charge in [0.05, 0.1) is 21.3 Å². The maximum absolute atomic E-state index is 12.8. The summed E-state index contributed by atoms with van der Waals surface area (Å²) in [5, 5.41) is 8.97. The molecule has 2 heterocycles. The van der Waals surface area contributed by atoms with Gasteiger partial charge in [-0.05, 0) is 49.4 Å². The molecule has 0 unspecified atom stereocenters. The highest BCUT2D eigenvalue weighted by molar-refractivity contribution is 7.20. The molecule has 4 aromatic rings. The fourth-order valence-corrected chi connectivity index (χ4v) is 4.38. The maximum Gasteiger partial charge on any atom is 0.265 e. The molecule has 0 aliphatic rings. The van der Waals surface area contributed by atoms with Crippen LogP contribution in [0, 0.1) is 6.92 Å². The van der Waals surface area contributed by atoms with Gasteiger partial charge in [-0.25, -0.2) is 4.68 Å². The Morgan fingerprint density at radius 2 is 1.80 bits per heavy atom. The van der Waals surface area contributed by atoms with Gasteiger partial charge in [-0.2, -0.15) is 5.10 Å². The summed E-state index contributed by atoms with van der Waals surface area (Å²) >= 11 is 7.69. The quantitative estimate of drug-likeness (QED) is 0.487. The Morgan fingerprint density at radius 1 is 1.10 bits per heavy atom. The second-order valence-electron chi connectivity index (χ2n) is 7.01. The van der Waals surface area contributed by atoms with Gasteiger partial charge in [0.15, 0.2) is 0 Å². The molecular formula is C22H19ClN4O2S. The minimum absolute atomic E-state index is 0.0861. The molecule has 2 aromatic carbocycles. The van der Waals surface area contributed by atoms with E-state index in [1.54, 1.807) is 43.0 Å². The summed E-state index contributed by atoms with van der Waals surface area (Å²) in [7, 11) is 3.40. The Hall–Kier alpha value is -3.16. The van der Waals surface area contributed by atoms with Gasteiger partial charge in [0, 0.05) is 30.7 Å². The Balaban J connectivity index is 1.61. The van der Waals surface area contributed by atoms with E-state index in [-0.39, 0.29) is 11.8 Å². The van der Waals surface area contributed by atoms with Crippen molar-refractivity contribution in [3.63, 3.8) is 0 Å². The lowest BCUT2D eigenvalue weighted by Crippen LogP contribution is -2.21. The average Bonchev–Trinajstić information content (AvgIpc) is 3.29. The SMILES string of the molecule is Cc1nn(-c2ccccc2Cl)c2sc(C(=O)Nc3ccc(C(=O)N(C)C)cc3)cc12. The van der Waals surface area contributed by atoms with Crippen molar-refractivity contribution in [2.45, 2.75) is 6.92 Å². The molecule has 4 rings (SSSR count). The number of anilines is 1. The van der Waals surface area contributed by atoms with E-state index >= 15 is 0 Å². The van der Waals surface area contributed by atoms with Gasteiger partial charge >= 0.3 is 0 Å². The van der Waals surface area contributed by atoms with Crippen molar-refractivity contribution in [3.05, 3.63) is 75.8 Å². The molecule has 0 aliphatic carbocycles. The van der Waals surface area contributed by atoms with E-state index in [0.717, 1.165) is 21.6 Å². The first kappa shape index (κ1) is 20.1. The number of aromatic nitrogens is 2. The first-order chi connectivity index (χ1) is 14.3. The van der Waals surface area contributed by atoms with Gasteiger partial charge in [-0.15, -0.1) is 11.3 Å². The van der Waals surface area contributed by atoms with Crippen LogP contribution in [0.4, 0.5) is 5.69 Å². The van der Waals surface area contributed by atoms with Crippen molar-refractivity contribution in [3.8, 4) is 5.69 Å². The van der Waals surface area contributed by atoms with Crippen molar-refractivity contribution in [1.29, 1.82) is 0 Å². The number of fused-ring (bicyclic) bond motifs is 1. The molecule has 2 amide bonds. The molecule has 30 heavy (non-hydrogen) atoms. The minimum Gasteiger partial charge on any atom is -0.345 e. The zero-order chi connectivity index (χ0) is 21.4. The molecular weight excluding hydrogens is 420 g/mol. The highest BCUT2D eigenvalue weighted by Crippen LogP contribution is 2.32. The lowest BCUT2D eigenvalue weighted by molar-refractivity contribution is 0.0827. The van der Waals surface area contributed by atoms with Crippen molar-refractivity contribution in [2.75, 3.05) is 19.4 Å². The maximum atomic E-state index is 12.8. The number of nitrogens with one attached hydrogen (secondary N) is 1. The number of benzene rings is 2. The van der Waals surface area contributed by atoms with Gasteiger partial charge in [0.25, 0.3) is 11.8 Å². The standard InChI is InChI=1S/C22H19ClN4O2S/c1-13-16-12-19(30-22(16)27(25-13)18-7-5-4-6-17(18)23)20(28)24-15-10-8-14(9-11-15)21(29)26(2)3/h4-12H,1-3H3,(H,24,28). The number of amides is 2. The largest absolute Gasteiger partial charge is 0.345 e. The predicted molar refractivity (Wildman–Crippen MR) is 121 cm³/mol. The van der Waals surface area contributed by atoms with E-state index in [4.69, 9.17) is 11.6 Å². The summed E-state index contributed by atoms with van der Waals surface area (Å²) in [6.45, 7) is 1.91. The third-order valence-corrected chi connectivity index (χ3v) is 6.07. The van der Waals surface area contributed by atoms with Gasteiger partial charge in [0.1, 0.15) is 4.83 Å². The Labute approximate surface area is 182 Å². The second kappa shape index (κ2) is 7.93. The fourth-order valence-electron chi connectivity index (χ4n) is 3.09. The molecule has 2 aromatic heterocycles. The number of halogens is 1. The van der Waals surface area contributed by atoms with Crippen LogP contribution in [-0.2, 0) is 0 Å². The number of carbonyl (C=O) groups is 2. The van der Waals surface area contributed by atoms with Gasteiger partial charge < -0.3 is 10.2 Å². The van der Waals surface area contributed by atoms with Crippen molar-refractivity contribution in [2.24, 2.45) is 0 Å². The molecule has 152 valence electrons. The van der Waals surface area contributed by atoms with Crippen LogP contribution in [0.1, 0.15) is 25.7 Å². The normalized spacial score (nSPS) is 10.9. The summed E-state index contributed by atoms with van der Waals surface area (Å²) in [6.07, 6.45) is 0. The Bertz CT molecular complexity index is 1260. The van der Waals surface area contributed by atoms with Crippen LogP contribution >= 0.6 is 22.9 Å². The summed E-state index contributed by atoms with van der Waals surface area (Å²) < 4.78 is 1.77.